The van der Waals surface area contributed by atoms with Gasteiger partial charge in [-0.05, 0) is 109 Å². The molecule has 0 saturated heterocycles. The molecule has 0 saturated carbocycles. The van der Waals surface area contributed by atoms with Gasteiger partial charge in [-0.2, -0.15) is 0 Å². The summed E-state index contributed by atoms with van der Waals surface area (Å²) >= 11 is 0. The summed E-state index contributed by atoms with van der Waals surface area (Å²) in [6.45, 7) is 0.646. The Labute approximate surface area is 214 Å². The number of rotatable bonds is 3. The zero-order valence-electron chi connectivity index (χ0n) is 21.3. The van der Waals surface area contributed by atoms with Crippen molar-refractivity contribution < 1.29 is 4.39 Å². The average Bonchev–Trinajstić information content (AvgIpc) is 3.23. The summed E-state index contributed by atoms with van der Waals surface area (Å²) in [7, 11) is 3.95. The molecule has 1 aliphatic heterocycles. The molecule has 3 aromatic rings. The van der Waals surface area contributed by atoms with Gasteiger partial charge in [-0.3, -0.25) is 0 Å². The van der Waals surface area contributed by atoms with Crippen molar-refractivity contribution in [2.45, 2.75) is 44.6 Å². The van der Waals surface area contributed by atoms with E-state index in [2.05, 4.69) is 47.8 Å². The van der Waals surface area contributed by atoms with Crippen LogP contribution in [0.25, 0.3) is 11.1 Å². The lowest BCUT2D eigenvalue weighted by Gasteiger charge is -2.30. The summed E-state index contributed by atoms with van der Waals surface area (Å²) < 4.78 is 14.6. The van der Waals surface area contributed by atoms with E-state index in [4.69, 9.17) is 0 Å². The monoisotopic (exact) mass is 478 g/mol. The molecule has 0 radical (unpaired) electrons. The molecule has 184 valence electrons. The van der Waals surface area contributed by atoms with E-state index in [0.29, 0.717) is 12.5 Å². The third-order valence-electron chi connectivity index (χ3n) is 7.44. The maximum absolute atomic E-state index is 14.6. The van der Waals surface area contributed by atoms with Gasteiger partial charge in [0.15, 0.2) is 0 Å². The number of hydrogen-bond acceptors (Lipinski definition) is 2. The number of allylic oxidation sites excluding steroid dienone is 4. The second kappa shape index (κ2) is 11.1. The predicted molar refractivity (Wildman–Crippen MR) is 148 cm³/mol. The van der Waals surface area contributed by atoms with Crippen molar-refractivity contribution >= 4 is 0 Å². The first-order valence-electron chi connectivity index (χ1n) is 13.0. The molecule has 0 amide bonds. The highest BCUT2D eigenvalue weighted by molar-refractivity contribution is 5.75. The number of halogens is 1. The minimum atomic E-state index is -0.0657. The molecular weight excluding hydrogens is 443 g/mol. The minimum Gasteiger partial charge on any atom is -0.368 e. The third-order valence-corrected chi connectivity index (χ3v) is 7.44. The molecule has 1 unspecified atom stereocenters. The number of benzene rings is 3. The normalized spacial score (nSPS) is 17.3. The lowest BCUT2D eigenvalue weighted by atomic mass is 9.74. The van der Waals surface area contributed by atoms with E-state index in [9.17, 15) is 4.39 Å². The SMILES string of the molecule is C1=CC=CNC=C1.CN(C)Cc1ccc(C2CCc3c(ccc4c3CCc3ccccc3-4)C2)cc1F. The Bertz CT molecular complexity index is 1300. The highest BCUT2D eigenvalue weighted by Crippen LogP contribution is 2.41. The van der Waals surface area contributed by atoms with Gasteiger partial charge in [0.25, 0.3) is 0 Å². The smallest absolute Gasteiger partial charge is 0.127 e. The summed E-state index contributed by atoms with van der Waals surface area (Å²) in [5.74, 6) is 0.350. The van der Waals surface area contributed by atoms with E-state index in [1.165, 1.54) is 22.3 Å². The van der Waals surface area contributed by atoms with Gasteiger partial charge >= 0.3 is 0 Å². The highest BCUT2D eigenvalue weighted by Gasteiger charge is 2.26. The van der Waals surface area contributed by atoms with Crippen molar-refractivity contribution in [1.29, 1.82) is 0 Å². The van der Waals surface area contributed by atoms with Crippen molar-refractivity contribution in [2.24, 2.45) is 0 Å². The van der Waals surface area contributed by atoms with Gasteiger partial charge in [0.1, 0.15) is 5.82 Å². The van der Waals surface area contributed by atoms with Gasteiger partial charge in [0.2, 0.25) is 0 Å². The molecule has 3 aromatic carbocycles. The van der Waals surface area contributed by atoms with Crippen LogP contribution in [0.15, 0.2) is 91.3 Å². The second-order valence-electron chi connectivity index (χ2n) is 10.2. The third kappa shape index (κ3) is 5.37. The zero-order chi connectivity index (χ0) is 24.9. The number of hydrogen-bond donors (Lipinski definition) is 1. The zero-order valence-corrected chi connectivity index (χ0v) is 21.3. The van der Waals surface area contributed by atoms with Crippen LogP contribution in [0.1, 0.15) is 45.7 Å². The molecule has 1 N–H and O–H groups in total. The Balaban J connectivity index is 0.000000330. The van der Waals surface area contributed by atoms with Crippen LogP contribution in [0.2, 0.25) is 0 Å². The molecule has 3 aliphatic rings. The molecule has 1 heterocycles. The molecule has 2 nitrogen and oxygen atoms in total. The average molecular weight is 479 g/mol. The van der Waals surface area contributed by atoms with Crippen molar-refractivity contribution in [2.75, 3.05) is 14.1 Å². The fourth-order valence-electron chi connectivity index (χ4n) is 5.71. The summed E-state index contributed by atoms with van der Waals surface area (Å²) in [4.78, 5) is 2.01. The fourth-order valence-corrected chi connectivity index (χ4v) is 5.71. The Morgan fingerprint density at radius 1 is 0.806 bits per heavy atom. The predicted octanol–water partition coefficient (Wildman–Crippen LogP) is 7.10. The molecule has 3 heteroatoms. The van der Waals surface area contributed by atoms with Crippen molar-refractivity contribution in [3.8, 4) is 11.1 Å². The molecule has 0 spiro atoms. The molecular formula is C33H35FN2. The summed E-state index contributed by atoms with van der Waals surface area (Å²) in [6.07, 6.45) is 17.1. The number of nitrogens with one attached hydrogen (secondary N) is 1. The van der Waals surface area contributed by atoms with E-state index in [1.807, 2.05) is 61.8 Å². The molecule has 0 aromatic heterocycles. The van der Waals surface area contributed by atoms with E-state index >= 15 is 0 Å². The van der Waals surface area contributed by atoms with Gasteiger partial charge in [-0.15, -0.1) is 0 Å². The van der Waals surface area contributed by atoms with Crippen LogP contribution in [-0.2, 0) is 32.2 Å². The summed E-state index contributed by atoms with van der Waals surface area (Å²) in [5.41, 5.74) is 10.9. The van der Waals surface area contributed by atoms with Gasteiger partial charge in [0.05, 0.1) is 0 Å². The van der Waals surface area contributed by atoms with Crippen LogP contribution in [0.3, 0.4) is 0 Å². The first kappa shape index (κ1) is 24.3. The van der Waals surface area contributed by atoms with Gasteiger partial charge < -0.3 is 10.2 Å². The lowest BCUT2D eigenvalue weighted by molar-refractivity contribution is 0.392. The largest absolute Gasteiger partial charge is 0.368 e. The second-order valence-corrected chi connectivity index (χ2v) is 10.2. The Morgan fingerprint density at radius 3 is 2.39 bits per heavy atom. The fraction of sp³-hybridized carbons (Fsp3) is 0.273. The van der Waals surface area contributed by atoms with E-state index in [0.717, 1.165) is 43.2 Å². The lowest BCUT2D eigenvalue weighted by Crippen LogP contribution is -2.18. The van der Waals surface area contributed by atoms with Crippen LogP contribution in [-0.4, -0.2) is 19.0 Å². The highest BCUT2D eigenvalue weighted by atomic mass is 19.1. The van der Waals surface area contributed by atoms with Gasteiger partial charge in [-0.1, -0.05) is 60.7 Å². The molecule has 36 heavy (non-hydrogen) atoms. The maximum atomic E-state index is 14.6. The van der Waals surface area contributed by atoms with E-state index in [-0.39, 0.29) is 5.82 Å². The Kier molecular flexibility index (Phi) is 7.48. The summed E-state index contributed by atoms with van der Waals surface area (Å²) in [6, 6.07) is 19.4. The van der Waals surface area contributed by atoms with Crippen molar-refractivity contribution in [1.82, 2.24) is 10.2 Å². The number of aryl methyl sites for hydroxylation is 1. The van der Waals surface area contributed by atoms with Crippen LogP contribution in [0.5, 0.6) is 0 Å². The first-order valence-corrected chi connectivity index (χ1v) is 13.0. The summed E-state index contributed by atoms with van der Waals surface area (Å²) in [5, 5.41) is 2.92. The van der Waals surface area contributed by atoms with E-state index in [1.54, 1.807) is 17.2 Å². The standard InChI is InChI=1S/C27H28FN.C6H7N/c1-29(2)17-22-8-7-20(16-27(22)28)19-10-12-24-21(15-19)11-14-25-23-6-4-3-5-18(23)9-13-26(24)25;1-2-4-6-7-5-3-1/h3-8,11,14,16,19H,9-10,12-13,15,17H2,1-2H3;1-7H. The Hall–Kier alpha value is -3.43. The number of fused-ring (bicyclic) bond motifs is 5. The van der Waals surface area contributed by atoms with Gasteiger partial charge in [-0.25, -0.2) is 4.39 Å². The van der Waals surface area contributed by atoms with Gasteiger partial charge in [0, 0.05) is 24.5 Å². The van der Waals surface area contributed by atoms with Crippen LogP contribution < -0.4 is 5.32 Å². The quantitative estimate of drug-likeness (QED) is 0.432. The molecule has 6 rings (SSSR count). The Morgan fingerprint density at radius 2 is 1.61 bits per heavy atom. The van der Waals surface area contributed by atoms with Crippen molar-refractivity contribution in [3.05, 3.63) is 130 Å². The number of nitrogens with zero attached hydrogens (tertiary/aromatic N) is 1. The van der Waals surface area contributed by atoms with Crippen LogP contribution in [0.4, 0.5) is 4.39 Å². The molecule has 0 bridgehead atoms. The van der Waals surface area contributed by atoms with Crippen molar-refractivity contribution in [3.63, 3.8) is 0 Å². The first-order chi connectivity index (χ1) is 17.6. The van der Waals surface area contributed by atoms with Crippen LogP contribution >= 0.6 is 0 Å². The maximum Gasteiger partial charge on any atom is 0.127 e. The van der Waals surface area contributed by atoms with Crippen LogP contribution in [0, 0.1) is 5.82 Å². The minimum absolute atomic E-state index is 0.0657. The molecule has 2 aliphatic carbocycles. The topological polar surface area (TPSA) is 15.3 Å². The van der Waals surface area contributed by atoms with E-state index < -0.39 is 0 Å². The molecule has 0 fully saturated rings. The molecule has 1 atom stereocenters.